The van der Waals surface area contributed by atoms with E-state index in [0.717, 1.165) is 10.9 Å². The van der Waals surface area contributed by atoms with E-state index < -0.39 is 0 Å². The highest BCUT2D eigenvalue weighted by Crippen LogP contribution is 2.19. The summed E-state index contributed by atoms with van der Waals surface area (Å²) in [4.78, 5) is 0. The van der Waals surface area contributed by atoms with Gasteiger partial charge < -0.3 is 5.11 Å². The van der Waals surface area contributed by atoms with Crippen molar-refractivity contribution in [3.63, 3.8) is 0 Å². The van der Waals surface area contributed by atoms with Gasteiger partial charge in [0.25, 0.3) is 0 Å². The predicted molar refractivity (Wildman–Crippen MR) is 43.6 cm³/mol. The molecule has 0 aliphatic carbocycles. The van der Waals surface area contributed by atoms with Crippen molar-refractivity contribution in [2.75, 3.05) is 6.61 Å². The Bertz CT molecular complexity index is 95.1. The lowest BCUT2D eigenvalue weighted by atomic mass is 10.1. The SMILES string of the molecule is C/C=C(\Br)C(CC)CO. The molecule has 0 fully saturated rings. The van der Waals surface area contributed by atoms with Crippen LogP contribution >= 0.6 is 15.9 Å². The molecule has 0 aliphatic rings. The fourth-order valence-electron chi connectivity index (χ4n) is 0.647. The maximum Gasteiger partial charge on any atom is 0.0504 e. The molecule has 0 spiro atoms. The van der Waals surface area contributed by atoms with E-state index in [0.29, 0.717) is 5.92 Å². The van der Waals surface area contributed by atoms with Crippen LogP contribution in [-0.2, 0) is 0 Å². The third kappa shape index (κ3) is 3.01. The number of aliphatic hydroxyl groups excluding tert-OH is 1. The normalized spacial score (nSPS) is 15.8. The average molecular weight is 193 g/mol. The number of rotatable bonds is 3. The highest BCUT2D eigenvalue weighted by atomic mass is 79.9. The minimum Gasteiger partial charge on any atom is -0.396 e. The van der Waals surface area contributed by atoms with Crippen LogP contribution < -0.4 is 0 Å². The molecule has 54 valence electrons. The van der Waals surface area contributed by atoms with Gasteiger partial charge in [-0.2, -0.15) is 0 Å². The molecule has 0 amide bonds. The van der Waals surface area contributed by atoms with Crippen LogP contribution in [-0.4, -0.2) is 11.7 Å². The van der Waals surface area contributed by atoms with Gasteiger partial charge in [0.15, 0.2) is 0 Å². The lowest BCUT2D eigenvalue weighted by molar-refractivity contribution is 0.248. The molecule has 0 aromatic carbocycles. The summed E-state index contributed by atoms with van der Waals surface area (Å²) in [5.74, 6) is 0.301. The van der Waals surface area contributed by atoms with Gasteiger partial charge in [-0.15, -0.1) is 0 Å². The van der Waals surface area contributed by atoms with Crippen LogP contribution in [0.2, 0.25) is 0 Å². The van der Waals surface area contributed by atoms with Crippen LogP contribution in [0.5, 0.6) is 0 Å². The molecule has 9 heavy (non-hydrogen) atoms. The first-order valence-electron chi connectivity index (χ1n) is 3.18. The van der Waals surface area contributed by atoms with E-state index in [-0.39, 0.29) is 6.61 Å². The zero-order valence-corrected chi connectivity index (χ0v) is 7.48. The number of halogens is 1. The van der Waals surface area contributed by atoms with Gasteiger partial charge in [-0.05, 0) is 17.8 Å². The molecule has 1 unspecified atom stereocenters. The highest BCUT2D eigenvalue weighted by Gasteiger charge is 2.05. The Hall–Kier alpha value is 0.180. The largest absolute Gasteiger partial charge is 0.396 e. The molecular weight excluding hydrogens is 180 g/mol. The van der Waals surface area contributed by atoms with Crippen LogP contribution in [0, 0.1) is 5.92 Å². The van der Waals surface area contributed by atoms with Gasteiger partial charge in [-0.25, -0.2) is 0 Å². The van der Waals surface area contributed by atoms with Crippen molar-refractivity contribution in [1.82, 2.24) is 0 Å². The summed E-state index contributed by atoms with van der Waals surface area (Å²) in [6, 6.07) is 0. The summed E-state index contributed by atoms with van der Waals surface area (Å²) in [5, 5.41) is 8.76. The molecule has 1 atom stereocenters. The number of aliphatic hydroxyl groups is 1. The lowest BCUT2D eigenvalue weighted by Crippen LogP contribution is -2.03. The molecule has 0 bridgehead atoms. The van der Waals surface area contributed by atoms with E-state index in [1.54, 1.807) is 0 Å². The van der Waals surface area contributed by atoms with Gasteiger partial charge in [0.1, 0.15) is 0 Å². The quantitative estimate of drug-likeness (QED) is 0.729. The summed E-state index contributed by atoms with van der Waals surface area (Å²) in [6.45, 7) is 4.26. The second-order valence-electron chi connectivity index (χ2n) is 1.96. The molecule has 1 nitrogen and oxygen atoms in total. The summed E-state index contributed by atoms with van der Waals surface area (Å²) in [6.07, 6.45) is 2.96. The first kappa shape index (κ1) is 9.18. The number of allylic oxidation sites excluding steroid dienone is 1. The monoisotopic (exact) mass is 192 g/mol. The predicted octanol–water partition coefficient (Wildman–Crippen LogP) is 2.30. The van der Waals surface area contributed by atoms with Crippen LogP contribution in [0.1, 0.15) is 20.3 Å². The van der Waals surface area contributed by atoms with E-state index in [9.17, 15) is 0 Å². The maximum atomic E-state index is 8.76. The zero-order valence-electron chi connectivity index (χ0n) is 5.89. The Morgan fingerprint density at radius 3 is 2.44 bits per heavy atom. The van der Waals surface area contributed by atoms with E-state index in [1.807, 2.05) is 13.0 Å². The molecule has 2 heteroatoms. The lowest BCUT2D eigenvalue weighted by Gasteiger charge is -2.08. The number of hydrogen-bond acceptors (Lipinski definition) is 1. The molecule has 0 saturated carbocycles. The van der Waals surface area contributed by atoms with Gasteiger partial charge >= 0.3 is 0 Å². The van der Waals surface area contributed by atoms with Crippen molar-refractivity contribution >= 4 is 15.9 Å². The maximum absolute atomic E-state index is 8.76. The zero-order chi connectivity index (χ0) is 7.28. The Morgan fingerprint density at radius 2 is 2.33 bits per heavy atom. The van der Waals surface area contributed by atoms with Crippen molar-refractivity contribution < 1.29 is 5.11 Å². The van der Waals surface area contributed by atoms with Crippen molar-refractivity contribution in [2.24, 2.45) is 5.92 Å². The van der Waals surface area contributed by atoms with Crippen molar-refractivity contribution in [3.8, 4) is 0 Å². The van der Waals surface area contributed by atoms with E-state index in [1.165, 1.54) is 0 Å². The van der Waals surface area contributed by atoms with E-state index >= 15 is 0 Å². The fourth-order valence-corrected chi connectivity index (χ4v) is 1.12. The van der Waals surface area contributed by atoms with Crippen LogP contribution in [0.15, 0.2) is 10.6 Å². The Kier molecular flexibility index (Phi) is 5.10. The van der Waals surface area contributed by atoms with Gasteiger partial charge in [0.05, 0.1) is 6.61 Å². The molecule has 0 rings (SSSR count). The summed E-state index contributed by atoms with van der Waals surface area (Å²) in [7, 11) is 0. The van der Waals surface area contributed by atoms with Gasteiger partial charge in [-0.1, -0.05) is 28.9 Å². The van der Waals surface area contributed by atoms with Crippen LogP contribution in [0.3, 0.4) is 0 Å². The molecule has 0 aromatic heterocycles. The Labute approximate surface area is 64.9 Å². The third-order valence-corrected chi connectivity index (χ3v) is 2.48. The molecule has 1 N–H and O–H groups in total. The van der Waals surface area contributed by atoms with Gasteiger partial charge in [0.2, 0.25) is 0 Å². The van der Waals surface area contributed by atoms with Gasteiger partial charge in [0, 0.05) is 5.92 Å². The molecule has 0 saturated heterocycles. The second-order valence-corrected chi connectivity index (χ2v) is 2.88. The topological polar surface area (TPSA) is 20.2 Å². The van der Waals surface area contributed by atoms with E-state index in [2.05, 4.69) is 22.9 Å². The van der Waals surface area contributed by atoms with E-state index in [4.69, 9.17) is 5.11 Å². The Morgan fingerprint density at radius 1 is 1.78 bits per heavy atom. The first-order valence-corrected chi connectivity index (χ1v) is 3.98. The molecule has 0 aromatic rings. The highest BCUT2D eigenvalue weighted by molar-refractivity contribution is 9.11. The molecular formula is C7H13BrO. The smallest absolute Gasteiger partial charge is 0.0504 e. The van der Waals surface area contributed by atoms with Crippen LogP contribution in [0.4, 0.5) is 0 Å². The summed E-state index contributed by atoms with van der Waals surface area (Å²) >= 11 is 3.36. The van der Waals surface area contributed by atoms with Crippen molar-refractivity contribution in [2.45, 2.75) is 20.3 Å². The summed E-state index contributed by atoms with van der Waals surface area (Å²) < 4.78 is 1.10. The number of hydrogen-bond donors (Lipinski definition) is 1. The van der Waals surface area contributed by atoms with Crippen LogP contribution in [0.25, 0.3) is 0 Å². The minimum absolute atomic E-state index is 0.238. The minimum atomic E-state index is 0.238. The summed E-state index contributed by atoms with van der Waals surface area (Å²) in [5.41, 5.74) is 0. The molecule has 0 heterocycles. The second kappa shape index (κ2) is 5.00. The fraction of sp³-hybridized carbons (Fsp3) is 0.714. The first-order chi connectivity index (χ1) is 4.26. The third-order valence-electron chi connectivity index (χ3n) is 1.38. The molecule has 0 aliphatic heterocycles. The molecule has 0 radical (unpaired) electrons. The Balaban J connectivity index is 3.79. The van der Waals surface area contributed by atoms with Gasteiger partial charge in [-0.3, -0.25) is 0 Å². The average Bonchev–Trinajstić information content (AvgIpc) is 1.90. The van der Waals surface area contributed by atoms with Crippen molar-refractivity contribution in [3.05, 3.63) is 10.6 Å². The van der Waals surface area contributed by atoms with Crippen molar-refractivity contribution in [1.29, 1.82) is 0 Å². The standard InChI is InChI=1S/C7H13BrO/c1-3-6(5-9)7(8)4-2/h4,6,9H,3,5H2,1-2H3/b7-4-.